The molecule has 1 saturated heterocycles. The first kappa shape index (κ1) is 14.4. The lowest BCUT2D eigenvalue weighted by atomic mass is 10.0. The summed E-state index contributed by atoms with van der Waals surface area (Å²) in [6, 6.07) is -0.209. The molecular formula is C12H22N2O2S. The number of thioether (sulfide) groups is 1. The zero-order chi connectivity index (χ0) is 13.0. The number of nitrogens with one attached hydrogen (secondary N) is 1. The van der Waals surface area contributed by atoms with Crippen LogP contribution in [0, 0.1) is 5.92 Å². The van der Waals surface area contributed by atoms with Gasteiger partial charge in [-0.2, -0.15) is 11.8 Å². The monoisotopic (exact) mass is 258 g/mol. The Bertz CT molecular complexity index is 294. The van der Waals surface area contributed by atoms with Gasteiger partial charge in [-0.3, -0.25) is 9.59 Å². The van der Waals surface area contributed by atoms with Crippen LogP contribution in [-0.2, 0) is 9.59 Å². The molecule has 1 aliphatic rings. The van der Waals surface area contributed by atoms with E-state index >= 15 is 0 Å². The largest absolute Gasteiger partial charge is 0.343 e. The SMILES string of the molecule is CSCC(C)N1CC(=O)NC(CC(C)C)C1=O. The van der Waals surface area contributed by atoms with Gasteiger partial charge in [0.2, 0.25) is 11.8 Å². The number of hydrogen-bond donors (Lipinski definition) is 1. The van der Waals surface area contributed by atoms with E-state index in [9.17, 15) is 9.59 Å². The Morgan fingerprint density at radius 2 is 2.06 bits per heavy atom. The number of hydrogen-bond acceptors (Lipinski definition) is 3. The quantitative estimate of drug-likeness (QED) is 0.803. The van der Waals surface area contributed by atoms with Crippen molar-refractivity contribution >= 4 is 23.6 Å². The first-order chi connectivity index (χ1) is 7.95. The van der Waals surface area contributed by atoms with Crippen LogP contribution in [0.2, 0.25) is 0 Å². The van der Waals surface area contributed by atoms with Crippen LogP contribution in [0.5, 0.6) is 0 Å². The van der Waals surface area contributed by atoms with E-state index in [0.717, 1.165) is 5.75 Å². The van der Waals surface area contributed by atoms with Crippen LogP contribution in [0.1, 0.15) is 27.2 Å². The van der Waals surface area contributed by atoms with E-state index in [0.29, 0.717) is 12.3 Å². The summed E-state index contributed by atoms with van der Waals surface area (Å²) in [7, 11) is 0. The van der Waals surface area contributed by atoms with Crippen LogP contribution in [0.3, 0.4) is 0 Å². The normalized spacial score (nSPS) is 22.9. The molecule has 98 valence electrons. The highest BCUT2D eigenvalue weighted by atomic mass is 32.2. The fraction of sp³-hybridized carbons (Fsp3) is 0.833. The fourth-order valence-electron chi connectivity index (χ4n) is 2.07. The van der Waals surface area contributed by atoms with Gasteiger partial charge in [0.25, 0.3) is 0 Å². The molecule has 2 amide bonds. The number of piperazine rings is 1. The second-order valence-electron chi connectivity index (χ2n) is 5.02. The second-order valence-corrected chi connectivity index (χ2v) is 5.93. The molecule has 2 unspecified atom stereocenters. The summed E-state index contributed by atoms with van der Waals surface area (Å²) >= 11 is 1.70. The highest BCUT2D eigenvalue weighted by Gasteiger charge is 2.34. The van der Waals surface area contributed by atoms with Gasteiger partial charge in [-0.15, -0.1) is 0 Å². The standard InChI is InChI=1S/C12H22N2O2S/c1-8(2)5-10-12(16)14(6-11(15)13-10)9(3)7-17-4/h8-10H,5-7H2,1-4H3,(H,13,15). The molecule has 1 heterocycles. The van der Waals surface area contributed by atoms with E-state index in [1.165, 1.54) is 0 Å². The van der Waals surface area contributed by atoms with Gasteiger partial charge in [-0.05, 0) is 25.5 Å². The molecular weight excluding hydrogens is 236 g/mol. The molecule has 1 N–H and O–H groups in total. The molecule has 0 saturated carbocycles. The summed E-state index contributed by atoms with van der Waals surface area (Å²) in [6.07, 6.45) is 2.73. The summed E-state index contributed by atoms with van der Waals surface area (Å²) < 4.78 is 0. The summed E-state index contributed by atoms with van der Waals surface area (Å²) in [4.78, 5) is 25.5. The highest BCUT2D eigenvalue weighted by molar-refractivity contribution is 7.98. The predicted octanol–water partition coefficient (Wildman–Crippen LogP) is 1.11. The topological polar surface area (TPSA) is 49.4 Å². The van der Waals surface area contributed by atoms with Gasteiger partial charge in [-0.25, -0.2) is 0 Å². The second kappa shape index (κ2) is 6.28. The predicted molar refractivity (Wildman–Crippen MR) is 70.9 cm³/mol. The molecule has 17 heavy (non-hydrogen) atoms. The van der Waals surface area contributed by atoms with Gasteiger partial charge < -0.3 is 10.2 Å². The molecule has 0 aromatic heterocycles. The number of carbonyl (C=O) groups is 2. The van der Waals surface area contributed by atoms with Crippen molar-refractivity contribution in [2.24, 2.45) is 5.92 Å². The highest BCUT2D eigenvalue weighted by Crippen LogP contribution is 2.15. The lowest BCUT2D eigenvalue weighted by Gasteiger charge is -2.36. The molecule has 0 spiro atoms. The molecule has 0 radical (unpaired) electrons. The summed E-state index contributed by atoms with van der Waals surface area (Å²) in [5.41, 5.74) is 0. The van der Waals surface area contributed by atoms with Crippen molar-refractivity contribution in [2.45, 2.75) is 39.3 Å². The van der Waals surface area contributed by atoms with Crippen molar-refractivity contribution in [2.75, 3.05) is 18.6 Å². The molecule has 2 atom stereocenters. The van der Waals surface area contributed by atoms with Gasteiger partial charge in [0.1, 0.15) is 6.04 Å². The van der Waals surface area contributed by atoms with Crippen LogP contribution >= 0.6 is 11.8 Å². The lowest BCUT2D eigenvalue weighted by molar-refractivity contribution is -0.146. The minimum absolute atomic E-state index is 0.0387. The van der Waals surface area contributed by atoms with Crippen LogP contribution in [0.4, 0.5) is 0 Å². The molecule has 1 fully saturated rings. The van der Waals surface area contributed by atoms with Crippen molar-refractivity contribution in [3.8, 4) is 0 Å². The van der Waals surface area contributed by atoms with Crippen molar-refractivity contribution in [3.05, 3.63) is 0 Å². The Balaban J connectivity index is 2.71. The maximum absolute atomic E-state index is 12.2. The molecule has 1 rings (SSSR count). The van der Waals surface area contributed by atoms with E-state index in [1.54, 1.807) is 16.7 Å². The maximum atomic E-state index is 12.2. The first-order valence-electron chi connectivity index (χ1n) is 6.04. The smallest absolute Gasteiger partial charge is 0.245 e. The molecule has 0 bridgehead atoms. The van der Waals surface area contributed by atoms with E-state index < -0.39 is 0 Å². The third-order valence-electron chi connectivity index (χ3n) is 2.88. The Morgan fingerprint density at radius 1 is 1.41 bits per heavy atom. The third kappa shape index (κ3) is 3.91. The van der Waals surface area contributed by atoms with Crippen molar-refractivity contribution in [1.82, 2.24) is 10.2 Å². The molecule has 4 nitrogen and oxygen atoms in total. The Labute approximate surface area is 108 Å². The molecule has 1 aliphatic heterocycles. The third-order valence-corrected chi connectivity index (χ3v) is 3.69. The average Bonchev–Trinajstić information content (AvgIpc) is 2.22. The van der Waals surface area contributed by atoms with Crippen LogP contribution in [-0.4, -0.2) is 47.4 Å². The average molecular weight is 258 g/mol. The maximum Gasteiger partial charge on any atom is 0.245 e. The molecule has 0 aliphatic carbocycles. The van der Waals surface area contributed by atoms with E-state index in [2.05, 4.69) is 19.2 Å². The van der Waals surface area contributed by atoms with Crippen molar-refractivity contribution < 1.29 is 9.59 Å². The summed E-state index contributed by atoms with van der Waals surface area (Å²) in [5.74, 6) is 1.30. The van der Waals surface area contributed by atoms with E-state index in [1.807, 2.05) is 13.2 Å². The molecule has 0 aromatic carbocycles. The zero-order valence-electron chi connectivity index (χ0n) is 11.0. The van der Waals surface area contributed by atoms with Gasteiger partial charge in [-0.1, -0.05) is 13.8 Å². The van der Waals surface area contributed by atoms with Crippen molar-refractivity contribution in [1.29, 1.82) is 0 Å². The Kier molecular flexibility index (Phi) is 5.31. The number of nitrogens with zero attached hydrogens (tertiary/aromatic N) is 1. The van der Waals surface area contributed by atoms with Gasteiger partial charge in [0, 0.05) is 11.8 Å². The minimum Gasteiger partial charge on any atom is -0.343 e. The van der Waals surface area contributed by atoms with Crippen LogP contribution in [0.25, 0.3) is 0 Å². The van der Waals surface area contributed by atoms with E-state index in [4.69, 9.17) is 0 Å². The first-order valence-corrected chi connectivity index (χ1v) is 7.43. The number of amides is 2. The Hall–Kier alpha value is -0.710. The van der Waals surface area contributed by atoms with Gasteiger partial charge in [0.15, 0.2) is 0 Å². The van der Waals surface area contributed by atoms with Crippen LogP contribution in [0.15, 0.2) is 0 Å². The number of rotatable bonds is 5. The Morgan fingerprint density at radius 3 is 2.59 bits per heavy atom. The number of carbonyl (C=O) groups excluding carboxylic acids is 2. The van der Waals surface area contributed by atoms with Crippen molar-refractivity contribution in [3.63, 3.8) is 0 Å². The van der Waals surface area contributed by atoms with Gasteiger partial charge >= 0.3 is 0 Å². The lowest BCUT2D eigenvalue weighted by Crippen LogP contribution is -2.60. The minimum atomic E-state index is -0.333. The summed E-state index contributed by atoms with van der Waals surface area (Å²) in [5, 5.41) is 2.79. The molecule has 5 heteroatoms. The molecule has 0 aromatic rings. The van der Waals surface area contributed by atoms with Gasteiger partial charge in [0.05, 0.1) is 6.54 Å². The zero-order valence-corrected chi connectivity index (χ0v) is 11.8. The summed E-state index contributed by atoms with van der Waals surface area (Å²) in [6.45, 7) is 6.32. The fourth-order valence-corrected chi connectivity index (χ4v) is 2.73. The van der Waals surface area contributed by atoms with E-state index in [-0.39, 0.29) is 30.4 Å². The van der Waals surface area contributed by atoms with Crippen LogP contribution < -0.4 is 5.32 Å².